The number of aryl methyl sites for hydroxylation is 2. The van der Waals surface area contributed by atoms with Gasteiger partial charge in [-0.05, 0) is 121 Å². The standard InChI is InChI=1S/C62H92N13O13P/c1-30-21-40-41(22-31(30)2)75(29-70-40)57-52(83)53(42(28-76)86-57)88-89(84,85)87-32(3)27-69-20-12-19-59(8)38(23-47(66)80)56-62(11)61(10,26-49(68)82)37(15-18-46(65)79)51(74-62)34(5)55-60(9,25-48(67)81)35(13-16-44(63)77)39(71-55)24-43-58(6,7)36(14-17-45(64)78)50(72-43)33(4)54(59)73-56/h21-22,24,29,32,35-38,42,52-53,56-57,69,71,76,83H,12-20,23,25-28H2,1-11H3,(H2,63,77)(H2,64,78)(H2,65,79)(H2,66,80)(H2,67,81)(H2,68,82)(H,84,85)/b39-24-,50-33-,55-34?/t32?,35-,36-,37-,38+,42-,52-,53-,56-,57+,59-,60+,61+,62+/m1/s1. The van der Waals surface area contributed by atoms with Crippen molar-refractivity contribution in [2.24, 2.45) is 94.7 Å². The molecule has 6 aliphatic rings. The van der Waals surface area contributed by atoms with Crippen molar-refractivity contribution in [2.45, 2.75) is 189 Å². The normalized spacial score (nSPS) is 33.8. The number of nitrogens with zero attached hydrogens (tertiary/aromatic N) is 5. The first-order chi connectivity index (χ1) is 41.4. The molecule has 2 saturated heterocycles. The number of allylic oxidation sites excluding steroid dienone is 6. The highest BCUT2D eigenvalue weighted by molar-refractivity contribution is 7.47. The molecule has 8 rings (SSSR count). The number of aliphatic imine (C=N–C) groups is 3. The van der Waals surface area contributed by atoms with Crippen molar-refractivity contribution >= 4 is 71.4 Å². The number of phosphoric ester groups is 1. The number of imidazole rings is 1. The molecule has 1 aromatic heterocycles. The van der Waals surface area contributed by atoms with Crippen LogP contribution in [-0.4, -0.2) is 133 Å². The van der Waals surface area contributed by atoms with Gasteiger partial charge in [0.25, 0.3) is 0 Å². The lowest BCUT2D eigenvalue weighted by Gasteiger charge is -2.48. The van der Waals surface area contributed by atoms with Gasteiger partial charge in [-0.2, -0.15) is 0 Å². The van der Waals surface area contributed by atoms with Crippen molar-refractivity contribution in [3.8, 4) is 0 Å². The summed E-state index contributed by atoms with van der Waals surface area (Å²) in [6, 6.07) is 2.87. The lowest BCUT2D eigenvalue weighted by Crippen LogP contribution is -2.56. The predicted molar refractivity (Wildman–Crippen MR) is 333 cm³/mol. The number of phosphoric acid groups is 1. The molecular formula is C62H92N13O13P. The van der Waals surface area contributed by atoms with Gasteiger partial charge in [-0.1, -0.05) is 34.6 Å². The Balaban J connectivity index is 1.18. The van der Waals surface area contributed by atoms with E-state index in [0.29, 0.717) is 75.8 Å². The van der Waals surface area contributed by atoms with Crippen LogP contribution in [0.15, 0.2) is 67.8 Å². The van der Waals surface area contributed by atoms with Gasteiger partial charge in [0.2, 0.25) is 35.4 Å². The maximum atomic E-state index is 13.8. The van der Waals surface area contributed by atoms with Crippen LogP contribution in [0.2, 0.25) is 0 Å². The van der Waals surface area contributed by atoms with Crippen molar-refractivity contribution in [1.82, 2.24) is 20.2 Å². The smallest absolute Gasteiger partial charge is 0.394 e. The molecule has 1 aromatic carbocycles. The summed E-state index contributed by atoms with van der Waals surface area (Å²) in [6.07, 6.45) is -2.25. The molecule has 2 aromatic rings. The molecule has 7 heterocycles. The second-order valence-corrected chi connectivity index (χ2v) is 28.4. The third kappa shape index (κ3) is 13.1. The molecule has 89 heavy (non-hydrogen) atoms. The second-order valence-electron chi connectivity index (χ2n) is 27.1. The number of carbonyl (C=O) groups excluding carboxylic acids is 6. The molecule has 488 valence electrons. The van der Waals surface area contributed by atoms with Gasteiger partial charge in [0.05, 0.1) is 41.7 Å². The molecule has 0 radical (unpaired) electrons. The number of nitrogens with one attached hydrogen (secondary N) is 2. The van der Waals surface area contributed by atoms with Crippen LogP contribution in [0.5, 0.6) is 0 Å². The van der Waals surface area contributed by atoms with E-state index in [1.807, 2.05) is 87.4 Å². The third-order valence-electron chi connectivity index (χ3n) is 20.6. The first kappa shape index (κ1) is 68.4. The Kier molecular flexibility index (Phi) is 19.7. The summed E-state index contributed by atoms with van der Waals surface area (Å²) in [6.45, 7) is 20.6. The Hall–Kier alpha value is -6.51. The molecule has 6 aliphatic heterocycles. The van der Waals surface area contributed by atoms with Crippen LogP contribution in [0.25, 0.3) is 11.0 Å². The summed E-state index contributed by atoms with van der Waals surface area (Å²) in [5, 5.41) is 28.8. The minimum atomic E-state index is -4.94. The van der Waals surface area contributed by atoms with Crippen molar-refractivity contribution in [3.63, 3.8) is 0 Å². The average Bonchev–Trinajstić information content (AvgIpc) is 1.54. The second kappa shape index (κ2) is 25.6. The number of fused-ring (bicyclic) bond motifs is 7. The van der Waals surface area contributed by atoms with Crippen molar-refractivity contribution in [1.29, 1.82) is 0 Å². The average molecular weight is 1260 g/mol. The number of rotatable bonds is 27. The fourth-order valence-corrected chi connectivity index (χ4v) is 16.8. The van der Waals surface area contributed by atoms with E-state index in [2.05, 4.69) is 15.6 Å². The first-order valence-electron chi connectivity index (χ1n) is 30.6. The zero-order valence-corrected chi connectivity index (χ0v) is 53.9. The molecular weight excluding hydrogens is 1170 g/mol. The molecule has 0 aliphatic carbocycles. The third-order valence-corrected chi connectivity index (χ3v) is 21.8. The fourth-order valence-electron chi connectivity index (χ4n) is 15.6. The quantitative estimate of drug-likeness (QED) is 0.0449. The SMILES string of the molecule is CC1=C2N/C(=C\C3=NC(=C(/C)C4=N[C@H]([C@H](CC(N)=O)[C@@]4(C)CCCNCC(C)OP(=O)(O)O[C@H]4[C@@H](O)[C@@H](n5cnc6cc(C)c(C)cc65)O[C@@H]4CO)[C@]4(C)N=C1[C@@H](CCC(N)=O)[C@]4(C)CC(N)=O)/[C@@H](CCC(N)=O)C3(C)C)[C@@H](CCC(N)=O)[C@]2(C)CC(N)=O. The molecule has 0 spiro atoms. The highest BCUT2D eigenvalue weighted by atomic mass is 31.2. The minimum Gasteiger partial charge on any atom is -0.394 e. The topological polar surface area (TPSA) is 443 Å². The number of hydrogen-bond donors (Lipinski definition) is 11. The monoisotopic (exact) mass is 1260 g/mol. The Morgan fingerprint density at radius 2 is 1.43 bits per heavy atom. The van der Waals surface area contributed by atoms with E-state index in [9.17, 15) is 48.4 Å². The van der Waals surface area contributed by atoms with Crippen LogP contribution < -0.4 is 45.0 Å². The number of ether oxygens (including phenoxy) is 1. The van der Waals surface area contributed by atoms with E-state index in [1.54, 1.807) is 11.5 Å². The summed E-state index contributed by atoms with van der Waals surface area (Å²) >= 11 is 0. The van der Waals surface area contributed by atoms with Gasteiger partial charge in [0.15, 0.2) is 6.23 Å². The summed E-state index contributed by atoms with van der Waals surface area (Å²) in [5.41, 5.74) is 38.7. The Bertz CT molecular complexity index is 3450. The van der Waals surface area contributed by atoms with Gasteiger partial charge >= 0.3 is 7.82 Å². The summed E-state index contributed by atoms with van der Waals surface area (Å²) in [5.74, 6) is -6.05. The summed E-state index contributed by atoms with van der Waals surface area (Å²) < 4.78 is 32.5. The van der Waals surface area contributed by atoms with Crippen LogP contribution in [-0.2, 0) is 47.1 Å². The van der Waals surface area contributed by atoms with Gasteiger partial charge in [-0.15, -0.1) is 0 Å². The van der Waals surface area contributed by atoms with E-state index in [1.165, 1.54) is 6.33 Å². The molecule has 8 bridgehead atoms. The van der Waals surface area contributed by atoms with E-state index >= 15 is 0 Å². The Labute approximate surface area is 519 Å². The van der Waals surface area contributed by atoms with Gasteiger partial charge in [0, 0.05) is 125 Å². The van der Waals surface area contributed by atoms with Gasteiger partial charge in [-0.25, -0.2) is 9.55 Å². The number of benzene rings is 1. The molecule has 2 fully saturated rings. The van der Waals surface area contributed by atoms with Gasteiger partial charge in [-0.3, -0.25) is 52.8 Å². The fraction of sp³-hybridized carbons (Fsp3) is 0.645. The van der Waals surface area contributed by atoms with Crippen LogP contribution in [0.3, 0.4) is 0 Å². The summed E-state index contributed by atoms with van der Waals surface area (Å²) in [4.78, 5) is 112. The largest absolute Gasteiger partial charge is 0.472 e. The molecule has 27 heteroatoms. The van der Waals surface area contributed by atoms with E-state index in [-0.39, 0.29) is 64.3 Å². The van der Waals surface area contributed by atoms with E-state index in [0.717, 1.165) is 11.1 Å². The molecule has 0 saturated carbocycles. The van der Waals surface area contributed by atoms with Crippen molar-refractivity contribution < 1.29 is 62.2 Å². The lowest BCUT2D eigenvalue weighted by molar-refractivity contribution is -0.123. The zero-order valence-electron chi connectivity index (χ0n) is 53.1. The highest BCUT2D eigenvalue weighted by Gasteiger charge is 2.66. The number of carbonyl (C=O) groups is 6. The predicted octanol–water partition coefficient (Wildman–Crippen LogP) is 3.64. The number of primary amides is 6. The van der Waals surface area contributed by atoms with E-state index < -0.39 is 137 Å². The van der Waals surface area contributed by atoms with Crippen LogP contribution in [0, 0.1) is 59.2 Å². The molecule has 17 N–H and O–H groups in total. The van der Waals surface area contributed by atoms with Crippen LogP contribution in [0.4, 0.5) is 0 Å². The highest BCUT2D eigenvalue weighted by Crippen LogP contribution is 2.62. The molecule has 6 amide bonds. The first-order valence-corrected chi connectivity index (χ1v) is 32.1. The number of amides is 6. The summed E-state index contributed by atoms with van der Waals surface area (Å²) in [7, 11) is -4.94. The maximum Gasteiger partial charge on any atom is 0.472 e. The van der Waals surface area contributed by atoms with Crippen molar-refractivity contribution in [3.05, 3.63) is 63.9 Å². The molecule has 15 atom stereocenters. The molecule has 2 unspecified atom stereocenters. The number of nitrogens with two attached hydrogens (primary N) is 6. The minimum absolute atomic E-state index is 0.00656. The Morgan fingerprint density at radius 3 is 2.02 bits per heavy atom. The lowest BCUT2D eigenvalue weighted by atomic mass is 9.55. The molecule has 26 nitrogen and oxygen atoms in total. The number of aliphatic hydroxyl groups excluding tert-OH is 2. The Morgan fingerprint density at radius 1 is 0.820 bits per heavy atom. The zero-order chi connectivity index (χ0) is 65.8. The number of aromatic nitrogens is 2. The van der Waals surface area contributed by atoms with E-state index in [4.69, 9.17) is 63.2 Å². The number of hydrogen-bond acceptors (Lipinski definition) is 18. The van der Waals surface area contributed by atoms with Gasteiger partial charge in [0.1, 0.15) is 18.3 Å². The van der Waals surface area contributed by atoms with Crippen molar-refractivity contribution in [2.75, 3.05) is 19.7 Å². The maximum absolute atomic E-state index is 13.8. The van der Waals surface area contributed by atoms with Crippen LogP contribution in [0.1, 0.15) is 150 Å². The van der Waals surface area contributed by atoms with Crippen LogP contribution >= 0.6 is 7.82 Å². The number of aliphatic hydroxyl groups is 2. The van der Waals surface area contributed by atoms with Gasteiger partial charge < -0.3 is 69.4 Å².